The van der Waals surface area contributed by atoms with Crippen LogP contribution in [0.2, 0.25) is 0 Å². The Labute approximate surface area is 125 Å². The topological polar surface area (TPSA) is 28.0 Å². The molecule has 1 aliphatic heterocycles. The van der Waals surface area contributed by atoms with Crippen molar-refractivity contribution >= 4 is 0 Å². The number of fused-ring (bicyclic) bond motifs is 3. The lowest BCUT2D eigenvalue weighted by Crippen LogP contribution is -2.26. The van der Waals surface area contributed by atoms with Crippen LogP contribution in [0.25, 0.3) is 0 Å². The summed E-state index contributed by atoms with van der Waals surface area (Å²) in [6.07, 6.45) is 3.50. The number of rotatable bonds is 2. The van der Waals surface area contributed by atoms with E-state index in [1.54, 1.807) is 0 Å². The Morgan fingerprint density at radius 3 is 2.71 bits per heavy atom. The maximum Gasteiger partial charge on any atom is 0.0991 e. The molecule has 0 N–H and O–H groups in total. The summed E-state index contributed by atoms with van der Waals surface area (Å²) in [6, 6.07) is 20.0. The first-order valence-electron chi connectivity index (χ1n) is 7.71. The molecule has 0 fully saturated rings. The van der Waals surface area contributed by atoms with E-state index in [0.717, 1.165) is 19.4 Å². The normalized spacial score (nSPS) is 23.5. The van der Waals surface area contributed by atoms with Gasteiger partial charge in [0.05, 0.1) is 18.6 Å². The van der Waals surface area contributed by atoms with Gasteiger partial charge in [0, 0.05) is 0 Å². The second-order valence-electron chi connectivity index (χ2n) is 5.89. The van der Waals surface area contributed by atoms with Crippen LogP contribution in [-0.2, 0) is 13.0 Å². The van der Waals surface area contributed by atoms with Gasteiger partial charge < -0.3 is 0 Å². The lowest BCUT2D eigenvalue weighted by atomic mass is 9.96. The van der Waals surface area contributed by atoms with Gasteiger partial charge in [0.2, 0.25) is 0 Å². The van der Waals surface area contributed by atoms with Gasteiger partial charge in [-0.1, -0.05) is 59.8 Å². The molecule has 3 heteroatoms. The van der Waals surface area contributed by atoms with Gasteiger partial charge in [-0.05, 0) is 36.0 Å². The predicted octanol–water partition coefficient (Wildman–Crippen LogP) is 4.32. The number of aryl methyl sites for hydroxylation is 1. The second-order valence-corrected chi connectivity index (χ2v) is 5.89. The Morgan fingerprint density at radius 2 is 1.81 bits per heavy atom. The summed E-state index contributed by atoms with van der Waals surface area (Å²) >= 11 is 0. The molecule has 0 radical (unpaired) electrons. The fourth-order valence-corrected chi connectivity index (χ4v) is 3.49. The quantitative estimate of drug-likeness (QED) is 0.803. The molecule has 0 saturated carbocycles. The van der Waals surface area contributed by atoms with Crippen molar-refractivity contribution in [3.63, 3.8) is 0 Å². The van der Waals surface area contributed by atoms with Crippen LogP contribution in [-0.4, -0.2) is 11.1 Å². The van der Waals surface area contributed by atoms with Crippen LogP contribution in [0.15, 0.2) is 64.9 Å². The van der Waals surface area contributed by atoms with Crippen LogP contribution in [0.4, 0.5) is 0 Å². The second kappa shape index (κ2) is 5.32. The molecule has 0 spiro atoms. The van der Waals surface area contributed by atoms with E-state index < -0.39 is 0 Å². The molecule has 21 heavy (non-hydrogen) atoms. The van der Waals surface area contributed by atoms with Gasteiger partial charge in [-0.3, -0.25) is 5.01 Å². The minimum Gasteiger partial charge on any atom is -0.265 e. The summed E-state index contributed by atoms with van der Waals surface area (Å²) in [7, 11) is 0. The Bertz CT molecular complexity index is 651. The molecule has 1 heterocycles. The van der Waals surface area contributed by atoms with Crippen LogP contribution in [0.3, 0.4) is 0 Å². The summed E-state index contributed by atoms with van der Waals surface area (Å²) in [5.74, 6) is 0. The molecule has 0 saturated heterocycles. The van der Waals surface area contributed by atoms with Gasteiger partial charge >= 0.3 is 0 Å². The molecule has 0 aromatic heterocycles. The summed E-state index contributed by atoms with van der Waals surface area (Å²) < 4.78 is 0. The van der Waals surface area contributed by atoms with Crippen molar-refractivity contribution in [2.45, 2.75) is 37.9 Å². The summed E-state index contributed by atoms with van der Waals surface area (Å²) in [4.78, 5) is 0. The molecule has 2 aromatic rings. The molecule has 4 rings (SSSR count). The third kappa shape index (κ3) is 2.33. The largest absolute Gasteiger partial charge is 0.265 e. The zero-order valence-electron chi connectivity index (χ0n) is 12.0. The zero-order chi connectivity index (χ0) is 14.1. The van der Waals surface area contributed by atoms with E-state index in [1.165, 1.54) is 23.1 Å². The van der Waals surface area contributed by atoms with Crippen LogP contribution in [0.1, 0.15) is 35.6 Å². The molecule has 1 aliphatic carbocycles. The van der Waals surface area contributed by atoms with E-state index in [9.17, 15) is 0 Å². The standard InChI is InChI=1S/C18H19N3/c1-2-7-14(8-3-1)13-21-18-16-11-5-4-9-15(16)10-6-12-17(18)19-20-21/h1-5,7-9,11,17-18H,6,10,12-13H2/t17-,18-/m1/s1. The Balaban J connectivity index is 1.67. The van der Waals surface area contributed by atoms with Crippen molar-refractivity contribution < 1.29 is 0 Å². The Kier molecular flexibility index (Phi) is 3.18. The monoisotopic (exact) mass is 277 g/mol. The van der Waals surface area contributed by atoms with Crippen molar-refractivity contribution in [1.29, 1.82) is 0 Å². The van der Waals surface area contributed by atoms with Gasteiger partial charge in [-0.15, -0.1) is 0 Å². The van der Waals surface area contributed by atoms with E-state index in [2.05, 4.69) is 69.9 Å². The third-order valence-corrected chi connectivity index (χ3v) is 4.51. The fourth-order valence-electron chi connectivity index (χ4n) is 3.49. The first-order valence-corrected chi connectivity index (χ1v) is 7.71. The lowest BCUT2D eigenvalue weighted by Gasteiger charge is -2.26. The van der Waals surface area contributed by atoms with Gasteiger partial charge in [0.1, 0.15) is 0 Å². The predicted molar refractivity (Wildman–Crippen MR) is 82.8 cm³/mol. The first-order chi connectivity index (χ1) is 10.4. The highest BCUT2D eigenvalue weighted by Gasteiger charge is 2.36. The van der Waals surface area contributed by atoms with Crippen molar-refractivity contribution in [3.8, 4) is 0 Å². The van der Waals surface area contributed by atoms with Crippen LogP contribution < -0.4 is 0 Å². The van der Waals surface area contributed by atoms with Crippen LogP contribution >= 0.6 is 0 Å². The highest BCUT2D eigenvalue weighted by atomic mass is 15.6. The number of nitrogens with zero attached hydrogens (tertiary/aromatic N) is 3. The van der Waals surface area contributed by atoms with E-state index in [-0.39, 0.29) is 0 Å². The average Bonchev–Trinajstić information content (AvgIpc) is 2.82. The minimum atomic E-state index is 0.309. The van der Waals surface area contributed by atoms with E-state index >= 15 is 0 Å². The Morgan fingerprint density at radius 1 is 1.00 bits per heavy atom. The summed E-state index contributed by atoms with van der Waals surface area (Å²) in [5.41, 5.74) is 4.18. The summed E-state index contributed by atoms with van der Waals surface area (Å²) in [6.45, 7) is 0.833. The molecule has 0 amide bonds. The SMILES string of the molecule is c1ccc(CN2N=N[C@@H]3CCCc4ccccc4[C@H]32)cc1. The van der Waals surface area contributed by atoms with E-state index in [4.69, 9.17) is 0 Å². The summed E-state index contributed by atoms with van der Waals surface area (Å²) in [5, 5.41) is 11.2. The van der Waals surface area contributed by atoms with Crippen molar-refractivity contribution in [1.82, 2.24) is 5.01 Å². The highest BCUT2D eigenvalue weighted by molar-refractivity contribution is 5.33. The maximum atomic E-state index is 4.55. The van der Waals surface area contributed by atoms with Gasteiger partial charge in [0.25, 0.3) is 0 Å². The fraction of sp³-hybridized carbons (Fsp3) is 0.333. The molecule has 3 nitrogen and oxygen atoms in total. The van der Waals surface area contributed by atoms with Crippen molar-refractivity contribution in [2.24, 2.45) is 10.3 Å². The lowest BCUT2D eigenvalue weighted by molar-refractivity contribution is 0.211. The van der Waals surface area contributed by atoms with Crippen LogP contribution in [0, 0.1) is 0 Å². The number of hydrogen-bond donors (Lipinski definition) is 0. The number of benzene rings is 2. The minimum absolute atomic E-state index is 0.309. The molecule has 106 valence electrons. The molecule has 2 atom stereocenters. The molecule has 0 bridgehead atoms. The number of hydrogen-bond acceptors (Lipinski definition) is 3. The highest BCUT2D eigenvalue weighted by Crippen LogP contribution is 2.39. The molecule has 0 unspecified atom stereocenters. The van der Waals surface area contributed by atoms with Gasteiger partial charge in [0.15, 0.2) is 0 Å². The van der Waals surface area contributed by atoms with Gasteiger partial charge in [-0.2, -0.15) is 5.11 Å². The van der Waals surface area contributed by atoms with E-state index in [1.807, 2.05) is 0 Å². The first kappa shape index (κ1) is 12.6. The van der Waals surface area contributed by atoms with Crippen molar-refractivity contribution in [2.75, 3.05) is 0 Å². The smallest absolute Gasteiger partial charge is 0.0991 e. The van der Waals surface area contributed by atoms with E-state index in [0.29, 0.717) is 12.1 Å². The third-order valence-electron chi connectivity index (χ3n) is 4.51. The molecule has 2 aromatic carbocycles. The van der Waals surface area contributed by atoms with Crippen molar-refractivity contribution in [3.05, 3.63) is 71.3 Å². The van der Waals surface area contributed by atoms with Gasteiger partial charge in [-0.25, -0.2) is 0 Å². The Hall–Kier alpha value is -2.16. The zero-order valence-corrected chi connectivity index (χ0v) is 12.0. The van der Waals surface area contributed by atoms with Crippen LogP contribution in [0.5, 0.6) is 0 Å². The average molecular weight is 277 g/mol. The maximum absolute atomic E-state index is 4.55. The molecular formula is C18H19N3. The molecular weight excluding hydrogens is 258 g/mol. The molecule has 2 aliphatic rings.